The zero-order chi connectivity index (χ0) is 16.2. The van der Waals surface area contributed by atoms with E-state index in [1.54, 1.807) is 13.2 Å². The van der Waals surface area contributed by atoms with E-state index in [1.807, 2.05) is 36.4 Å². The number of nitrogens with two attached hydrogens (primary N) is 1. The molecule has 0 atom stereocenters. The molecule has 0 aromatic heterocycles. The van der Waals surface area contributed by atoms with Gasteiger partial charge in [-0.3, -0.25) is 4.79 Å². The third-order valence-corrected chi connectivity index (χ3v) is 4.07. The maximum absolute atomic E-state index is 12.4. The Hall–Kier alpha value is -2.40. The molecule has 0 saturated heterocycles. The lowest BCUT2D eigenvalue weighted by molar-refractivity contribution is -0.115. The van der Waals surface area contributed by atoms with Gasteiger partial charge in [-0.2, -0.15) is 0 Å². The fourth-order valence-electron chi connectivity index (χ4n) is 2.97. The standard InChI is InChI=1S/C18H21N3O2.ClH/c1-23-14-6-2-5-13(11-14)20-18(22)12-21-10-4-7-15-16(19)8-3-9-17(15)21;/h2-3,5-6,8-9,11H,4,7,10,12,19H2,1H3,(H,20,22);1H. The Morgan fingerprint density at radius 2 is 2.08 bits per heavy atom. The molecule has 1 aliphatic rings. The van der Waals surface area contributed by atoms with Crippen molar-refractivity contribution in [2.45, 2.75) is 12.8 Å². The van der Waals surface area contributed by atoms with Crippen LogP contribution in [0, 0.1) is 0 Å². The van der Waals surface area contributed by atoms with E-state index in [2.05, 4.69) is 10.2 Å². The Balaban J connectivity index is 0.00000208. The first-order valence-electron chi connectivity index (χ1n) is 7.73. The van der Waals surface area contributed by atoms with Crippen molar-refractivity contribution in [3.8, 4) is 5.75 Å². The van der Waals surface area contributed by atoms with E-state index in [1.165, 1.54) is 0 Å². The summed E-state index contributed by atoms with van der Waals surface area (Å²) >= 11 is 0. The lowest BCUT2D eigenvalue weighted by Crippen LogP contribution is -2.37. The number of nitrogen functional groups attached to an aromatic ring is 1. The summed E-state index contributed by atoms with van der Waals surface area (Å²) in [5.74, 6) is 0.674. The molecule has 3 rings (SSSR count). The first-order valence-corrected chi connectivity index (χ1v) is 7.73. The van der Waals surface area contributed by atoms with Crippen LogP contribution in [0.4, 0.5) is 17.1 Å². The SMILES string of the molecule is COc1cccc(NC(=O)CN2CCCc3c(N)cccc32)c1.Cl. The van der Waals surface area contributed by atoms with Crippen LogP contribution in [-0.4, -0.2) is 26.1 Å². The predicted molar refractivity (Wildman–Crippen MR) is 100 cm³/mol. The Morgan fingerprint density at radius 1 is 1.29 bits per heavy atom. The molecule has 1 heterocycles. The molecule has 2 aromatic rings. The summed E-state index contributed by atoms with van der Waals surface area (Å²) in [4.78, 5) is 14.4. The van der Waals surface area contributed by atoms with Gasteiger partial charge in [0.15, 0.2) is 0 Å². The van der Waals surface area contributed by atoms with Gasteiger partial charge in [-0.05, 0) is 42.7 Å². The molecule has 1 amide bonds. The van der Waals surface area contributed by atoms with Crippen LogP contribution in [0.2, 0.25) is 0 Å². The minimum absolute atomic E-state index is 0. The number of nitrogens with one attached hydrogen (secondary N) is 1. The normalized spacial score (nSPS) is 12.8. The first kappa shape index (κ1) is 17.9. The second-order valence-electron chi connectivity index (χ2n) is 5.65. The van der Waals surface area contributed by atoms with Gasteiger partial charge in [0.2, 0.25) is 5.91 Å². The molecule has 6 heteroatoms. The van der Waals surface area contributed by atoms with Gasteiger partial charge in [0.1, 0.15) is 5.75 Å². The fourth-order valence-corrected chi connectivity index (χ4v) is 2.97. The lowest BCUT2D eigenvalue weighted by Gasteiger charge is -2.31. The summed E-state index contributed by atoms with van der Waals surface area (Å²) in [5.41, 5.74) is 9.80. The summed E-state index contributed by atoms with van der Waals surface area (Å²) in [6.07, 6.45) is 1.98. The molecule has 0 spiro atoms. The van der Waals surface area contributed by atoms with Crippen molar-refractivity contribution in [1.82, 2.24) is 0 Å². The van der Waals surface area contributed by atoms with Gasteiger partial charge in [-0.1, -0.05) is 12.1 Å². The minimum atomic E-state index is -0.0477. The number of carbonyl (C=O) groups excluding carboxylic acids is 1. The van der Waals surface area contributed by atoms with Crippen molar-refractivity contribution in [1.29, 1.82) is 0 Å². The average molecular weight is 348 g/mol. The maximum atomic E-state index is 12.4. The van der Waals surface area contributed by atoms with Crippen LogP contribution in [-0.2, 0) is 11.2 Å². The van der Waals surface area contributed by atoms with Gasteiger partial charge in [-0.15, -0.1) is 12.4 Å². The Labute approximate surface area is 148 Å². The van der Waals surface area contributed by atoms with Crippen molar-refractivity contribution >= 4 is 35.4 Å². The number of nitrogens with zero attached hydrogens (tertiary/aromatic N) is 1. The number of halogens is 1. The highest BCUT2D eigenvalue weighted by Gasteiger charge is 2.20. The molecule has 0 unspecified atom stereocenters. The number of anilines is 3. The molecule has 0 bridgehead atoms. The Kier molecular flexibility index (Phi) is 5.93. The number of hydrogen-bond acceptors (Lipinski definition) is 4. The molecule has 128 valence electrons. The topological polar surface area (TPSA) is 67.6 Å². The minimum Gasteiger partial charge on any atom is -0.497 e. The molecule has 3 N–H and O–H groups in total. The van der Waals surface area contributed by atoms with Crippen LogP contribution in [0.15, 0.2) is 42.5 Å². The number of rotatable bonds is 4. The zero-order valence-corrected chi connectivity index (χ0v) is 14.4. The molecule has 0 saturated carbocycles. The van der Waals surface area contributed by atoms with E-state index < -0.39 is 0 Å². The van der Waals surface area contributed by atoms with Gasteiger partial charge in [0, 0.05) is 29.7 Å². The summed E-state index contributed by atoms with van der Waals surface area (Å²) < 4.78 is 5.17. The highest BCUT2D eigenvalue weighted by Crippen LogP contribution is 2.31. The number of fused-ring (bicyclic) bond motifs is 1. The highest BCUT2D eigenvalue weighted by molar-refractivity contribution is 5.94. The number of methoxy groups -OCH3 is 1. The molecule has 2 aromatic carbocycles. The number of hydrogen-bond donors (Lipinski definition) is 2. The van der Waals surface area contributed by atoms with E-state index >= 15 is 0 Å². The number of carbonyl (C=O) groups is 1. The summed E-state index contributed by atoms with van der Waals surface area (Å²) in [7, 11) is 1.61. The molecule has 0 aliphatic carbocycles. The molecular weight excluding hydrogens is 326 g/mol. The van der Waals surface area contributed by atoms with Crippen molar-refractivity contribution < 1.29 is 9.53 Å². The van der Waals surface area contributed by atoms with Crippen molar-refractivity contribution in [3.05, 3.63) is 48.0 Å². The monoisotopic (exact) mass is 347 g/mol. The second kappa shape index (κ2) is 7.93. The lowest BCUT2D eigenvalue weighted by atomic mass is 10.00. The van der Waals surface area contributed by atoms with Gasteiger partial charge in [-0.25, -0.2) is 0 Å². The van der Waals surface area contributed by atoms with Crippen molar-refractivity contribution in [2.24, 2.45) is 0 Å². The van der Waals surface area contributed by atoms with E-state index in [0.717, 1.165) is 47.8 Å². The van der Waals surface area contributed by atoms with Gasteiger partial charge < -0.3 is 20.7 Å². The maximum Gasteiger partial charge on any atom is 0.243 e. The predicted octanol–water partition coefficient (Wildman–Crippen LogP) is 3.09. The van der Waals surface area contributed by atoms with Crippen LogP contribution >= 0.6 is 12.4 Å². The molecule has 5 nitrogen and oxygen atoms in total. The van der Waals surface area contributed by atoms with Gasteiger partial charge >= 0.3 is 0 Å². The van der Waals surface area contributed by atoms with E-state index in [4.69, 9.17) is 10.5 Å². The smallest absolute Gasteiger partial charge is 0.243 e. The molecule has 0 radical (unpaired) electrons. The first-order chi connectivity index (χ1) is 11.2. The highest BCUT2D eigenvalue weighted by atomic mass is 35.5. The van der Waals surface area contributed by atoms with Crippen LogP contribution in [0.1, 0.15) is 12.0 Å². The third kappa shape index (κ3) is 3.92. The summed E-state index contributed by atoms with van der Waals surface area (Å²) in [5, 5.41) is 2.92. The largest absolute Gasteiger partial charge is 0.497 e. The van der Waals surface area contributed by atoms with Crippen LogP contribution in [0.25, 0.3) is 0 Å². The van der Waals surface area contributed by atoms with Gasteiger partial charge in [0.05, 0.1) is 13.7 Å². The van der Waals surface area contributed by atoms with Crippen LogP contribution in [0.5, 0.6) is 5.75 Å². The van der Waals surface area contributed by atoms with E-state index in [9.17, 15) is 4.79 Å². The second-order valence-corrected chi connectivity index (χ2v) is 5.65. The van der Waals surface area contributed by atoms with Gasteiger partial charge in [0.25, 0.3) is 0 Å². The number of benzene rings is 2. The zero-order valence-electron chi connectivity index (χ0n) is 13.6. The Bertz CT molecular complexity index is 721. The van der Waals surface area contributed by atoms with E-state index in [0.29, 0.717) is 6.54 Å². The fraction of sp³-hybridized carbons (Fsp3) is 0.278. The van der Waals surface area contributed by atoms with Crippen LogP contribution < -0.4 is 20.7 Å². The number of ether oxygens (including phenoxy) is 1. The van der Waals surface area contributed by atoms with Crippen molar-refractivity contribution in [2.75, 3.05) is 36.1 Å². The van der Waals surface area contributed by atoms with E-state index in [-0.39, 0.29) is 18.3 Å². The molecular formula is C18H22ClN3O2. The summed E-state index contributed by atoms with van der Waals surface area (Å²) in [6.45, 7) is 1.18. The Morgan fingerprint density at radius 3 is 2.88 bits per heavy atom. The molecule has 0 fully saturated rings. The number of amides is 1. The summed E-state index contributed by atoms with van der Waals surface area (Å²) in [6, 6.07) is 13.2. The molecule has 24 heavy (non-hydrogen) atoms. The molecule has 1 aliphatic heterocycles. The quantitative estimate of drug-likeness (QED) is 0.834. The van der Waals surface area contributed by atoms with Crippen molar-refractivity contribution in [3.63, 3.8) is 0 Å². The van der Waals surface area contributed by atoms with Crippen LogP contribution in [0.3, 0.4) is 0 Å². The average Bonchev–Trinajstić information content (AvgIpc) is 2.56. The third-order valence-electron chi connectivity index (χ3n) is 4.07.